The third kappa shape index (κ3) is 5.85. The Morgan fingerprint density at radius 2 is 1.95 bits per heavy atom. The number of esters is 1. The monoisotopic (exact) mass is 265 g/mol. The van der Waals surface area contributed by atoms with Crippen molar-refractivity contribution in [1.29, 1.82) is 0 Å². The third-order valence-electron chi connectivity index (χ3n) is 2.67. The molecule has 106 valence electrons. The van der Waals surface area contributed by atoms with Crippen LogP contribution in [-0.2, 0) is 14.3 Å². The van der Waals surface area contributed by atoms with Crippen LogP contribution < -0.4 is 5.32 Å². The van der Waals surface area contributed by atoms with Gasteiger partial charge in [-0.25, -0.2) is 4.79 Å². The fraction of sp³-hybridized carbons (Fsp3) is 0.533. The normalized spacial score (nSPS) is 12.1. The summed E-state index contributed by atoms with van der Waals surface area (Å²) in [5.74, 6) is -0.231. The predicted molar refractivity (Wildman–Crippen MR) is 74.9 cm³/mol. The summed E-state index contributed by atoms with van der Waals surface area (Å²) in [6.07, 6.45) is 0.872. The summed E-state index contributed by atoms with van der Waals surface area (Å²) in [5.41, 5.74) is 0.928. The van der Waals surface area contributed by atoms with Gasteiger partial charge >= 0.3 is 5.97 Å². The van der Waals surface area contributed by atoms with Crippen LogP contribution >= 0.6 is 0 Å². The lowest BCUT2D eigenvalue weighted by Crippen LogP contribution is -2.31. The number of hydrogen-bond acceptors (Lipinski definition) is 4. The Labute approximate surface area is 115 Å². The minimum absolute atomic E-state index is 0.231. The van der Waals surface area contributed by atoms with Crippen LogP contribution in [0, 0.1) is 0 Å². The van der Waals surface area contributed by atoms with Crippen molar-refractivity contribution in [3.8, 4) is 0 Å². The molecule has 4 heteroatoms. The quantitative estimate of drug-likeness (QED) is 0.550. The van der Waals surface area contributed by atoms with E-state index in [4.69, 9.17) is 9.47 Å². The maximum absolute atomic E-state index is 11.9. The zero-order chi connectivity index (χ0) is 13.9. The smallest absolute Gasteiger partial charge is 0.327 e. The van der Waals surface area contributed by atoms with Crippen LogP contribution in [0.2, 0.25) is 0 Å². The predicted octanol–water partition coefficient (Wildman–Crippen LogP) is 2.31. The first-order valence-electron chi connectivity index (χ1n) is 6.82. The Morgan fingerprint density at radius 1 is 1.21 bits per heavy atom. The first-order chi connectivity index (χ1) is 9.29. The molecular weight excluding hydrogens is 242 g/mol. The summed E-state index contributed by atoms with van der Waals surface area (Å²) in [4.78, 5) is 11.9. The van der Waals surface area contributed by atoms with Gasteiger partial charge in [0.2, 0.25) is 0 Å². The molecule has 0 aliphatic heterocycles. The Hall–Kier alpha value is -1.39. The molecule has 0 amide bonds. The molecule has 0 aromatic heterocycles. The van der Waals surface area contributed by atoms with Crippen molar-refractivity contribution in [1.82, 2.24) is 5.32 Å². The Balaban J connectivity index is 2.53. The van der Waals surface area contributed by atoms with E-state index < -0.39 is 6.04 Å². The maximum atomic E-state index is 11.9. The van der Waals surface area contributed by atoms with Crippen molar-refractivity contribution in [2.75, 3.05) is 26.4 Å². The lowest BCUT2D eigenvalue weighted by Gasteiger charge is -2.17. The van der Waals surface area contributed by atoms with Crippen molar-refractivity contribution in [2.45, 2.75) is 26.3 Å². The summed E-state index contributed by atoms with van der Waals surface area (Å²) < 4.78 is 10.4. The number of nitrogens with one attached hydrogen (secondary N) is 1. The molecule has 0 heterocycles. The second-order valence-electron chi connectivity index (χ2n) is 4.10. The maximum Gasteiger partial charge on any atom is 0.327 e. The molecule has 0 aliphatic rings. The van der Waals surface area contributed by atoms with Gasteiger partial charge in [0.05, 0.1) is 6.61 Å². The van der Waals surface area contributed by atoms with E-state index in [0.717, 1.165) is 25.1 Å². The topological polar surface area (TPSA) is 47.6 Å². The van der Waals surface area contributed by atoms with E-state index in [1.807, 2.05) is 44.2 Å². The Bertz CT molecular complexity index is 354. The molecule has 0 bridgehead atoms. The van der Waals surface area contributed by atoms with Gasteiger partial charge in [0.15, 0.2) is 0 Å². The van der Waals surface area contributed by atoms with Gasteiger partial charge in [-0.15, -0.1) is 0 Å². The second-order valence-corrected chi connectivity index (χ2v) is 4.10. The largest absolute Gasteiger partial charge is 0.465 e. The molecule has 1 unspecified atom stereocenters. The average molecular weight is 265 g/mol. The van der Waals surface area contributed by atoms with Crippen LogP contribution in [-0.4, -0.2) is 32.3 Å². The van der Waals surface area contributed by atoms with Crippen molar-refractivity contribution in [3.63, 3.8) is 0 Å². The molecule has 1 rings (SSSR count). The summed E-state index contributed by atoms with van der Waals surface area (Å²) in [6.45, 7) is 6.32. The van der Waals surface area contributed by atoms with Gasteiger partial charge in [0, 0.05) is 13.2 Å². The zero-order valence-electron chi connectivity index (χ0n) is 11.7. The highest BCUT2D eigenvalue weighted by Gasteiger charge is 2.20. The third-order valence-corrected chi connectivity index (χ3v) is 2.67. The van der Waals surface area contributed by atoms with Crippen LogP contribution in [0.3, 0.4) is 0 Å². The standard InChI is InChI=1S/C15H23NO3/c1-3-18-12-8-11-16-14(15(17)19-4-2)13-9-6-5-7-10-13/h5-7,9-10,14,16H,3-4,8,11-12H2,1-2H3. The van der Waals surface area contributed by atoms with Gasteiger partial charge in [-0.3, -0.25) is 0 Å². The van der Waals surface area contributed by atoms with E-state index in [1.165, 1.54) is 0 Å². The molecule has 1 N–H and O–H groups in total. The van der Waals surface area contributed by atoms with Crippen LogP contribution in [0.1, 0.15) is 31.9 Å². The molecule has 19 heavy (non-hydrogen) atoms. The molecular formula is C15H23NO3. The molecule has 0 aliphatic carbocycles. The van der Waals surface area contributed by atoms with Crippen LogP contribution in [0.15, 0.2) is 30.3 Å². The minimum Gasteiger partial charge on any atom is -0.465 e. The van der Waals surface area contributed by atoms with Crippen molar-refractivity contribution in [2.24, 2.45) is 0 Å². The summed E-state index contributed by atoms with van der Waals surface area (Å²) >= 11 is 0. The van der Waals surface area contributed by atoms with Gasteiger partial charge in [-0.05, 0) is 32.4 Å². The van der Waals surface area contributed by atoms with Gasteiger partial charge in [-0.1, -0.05) is 30.3 Å². The first-order valence-corrected chi connectivity index (χ1v) is 6.82. The second kappa shape index (κ2) is 9.53. The van der Waals surface area contributed by atoms with Crippen LogP contribution in [0.5, 0.6) is 0 Å². The Morgan fingerprint density at radius 3 is 2.58 bits per heavy atom. The molecule has 1 aromatic carbocycles. The van der Waals surface area contributed by atoms with Crippen LogP contribution in [0.25, 0.3) is 0 Å². The highest BCUT2D eigenvalue weighted by atomic mass is 16.5. The molecule has 0 saturated carbocycles. The molecule has 4 nitrogen and oxygen atoms in total. The molecule has 0 fully saturated rings. The number of carbonyl (C=O) groups is 1. The highest BCUT2D eigenvalue weighted by molar-refractivity contribution is 5.77. The molecule has 1 aromatic rings. The van der Waals surface area contributed by atoms with Crippen molar-refractivity contribution < 1.29 is 14.3 Å². The van der Waals surface area contributed by atoms with E-state index in [2.05, 4.69) is 5.32 Å². The molecule has 0 saturated heterocycles. The van der Waals surface area contributed by atoms with Gasteiger partial charge < -0.3 is 14.8 Å². The van der Waals surface area contributed by atoms with Gasteiger partial charge in [0.25, 0.3) is 0 Å². The lowest BCUT2D eigenvalue weighted by molar-refractivity contribution is -0.145. The van der Waals surface area contributed by atoms with Crippen molar-refractivity contribution in [3.05, 3.63) is 35.9 Å². The van der Waals surface area contributed by atoms with Crippen molar-refractivity contribution >= 4 is 5.97 Å². The average Bonchev–Trinajstić information content (AvgIpc) is 2.44. The fourth-order valence-corrected chi connectivity index (χ4v) is 1.77. The molecule has 1 atom stereocenters. The number of rotatable bonds is 9. The highest BCUT2D eigenvalue weighted by Crippen LogP contribution is 2.14. The molecule has 0 radical (unpaired) electrons. The van der Waals surface area contributed by atoms with Gasteiger partial charge in [-0.2, -0.15) is 0 Å². The van der Waals surface area contributed by atoms with E-state index in [1.54, 1.807) is 0 Å². The minimum atomic E-state index is -0.400. The summed E-state index contributed by atoms with van der Waals surface area (Å²) in [7, 11) is 0. The van der Waals surface area contributed by atoms with E-state index >= 15 is 0 Å². The van der Waals surface area contributed by atoms with E-state index in [0.29, 0.717) is 13.2 Å². The van der Waals surface area contributed by atoms with E-state index in [-0.39, 0.29) is 5.97 Å². The zero-order valence-corrected chi connectivity index (χ0v) is 11.7. The summed E-state index contributed by atoms with van der Waals surface area (Å²) in [5, 5.41) is 3.22. The summed E-state index contributed by atoms with van der Waals surface area (Å²) in [6, 6.07) is 9.23. The Kier molecular flexibility index (Phi) is 7.86. The van der Waals surface area contributed by atoms with Crippen LogP contribution in [0.4, 0.5) is 0 Å². The number of hydrogen-bond donors (Lipinski definition) is 1. The molecule has 0 spiro atoms. The number of benzene rings is 1. The van der Waals surface area contributed by atoms with Gasteiger partial charge in [0.1, 0.15) is 6.04 Å². The number of ether oxygens (including phenoxy) is 2. The fourth-order valence-electron chi connectivity index (χ4n) is 1.77. The first kappa shape index (κ1) is 15.7. The SMILES string of the molecule is CCOCCCNC(C(=O)OCC)c1ccccc1. The lowest BCUT2D eigenvalue weighted by atomic mass is 10.1. The van der Waals surface area contributed by atoms with E-state index in [9.17, 15) is 4.79 Å². The number of carbonyl (C=O) groups excluding carboxylic acids is 1.